The molecule has 0 aromatic heterocycles. The maximum atomic E-state index is 3.76. The molecule has 0 bridgehead atoms. The van der Waals surface area contributed by atoms with Crippen LogP contribution in [0.3, 0.4) is 0 Å². The summed E-state index contributed by atoms with van der Waals surface area (Å²) in [6.45, 7) is 5.98. The van der Waals surface area contributed by atoms with Crippen molar-refractivity contribution in [2.75, 3.05) is 0 Å². The molecule has 0 atom stereocenters. The molecule has 0 aliphatic carbocycles. The molecule has 0 spiro atoms. The molecule has 0 aromatic carbocycles. The molecule has 0 saturated carbocycles. The van der Waals surface area contributed by atoms with Crippen LogP contribution in [0.2, 0.25) is 0 Å². The third-order valence-corrected chi connectivity index (χ3v) is 1.10. The van der Waals surface area contributed by atoms with Crippen molar-refractivity contribution in [1.82, 2.24) is 0 Å². The molecule has 1 heteroatoms. The Balaban J connectivity index is 0. The minimum atomic E-state index is 0. The fourth-order valence-electron chi connectivity index (χ4n) is 0.604. The summed E-state index contributed by atoms with van der Waals surface area (Å²) in [7, 11) is 0. The molecule has 0 aliphatic heterocycles. The van der Waals surface area contributed by atoms with Crippen molar-refractivity contribution in [2.24, 2.45) is 0 Å². The SMILES string of the molecule is [CH2]CCCCCC.[InH3]. The van der Waals surface area contributed by atoms with Gasteiger partial charge in [-0.15, -0.1) is 0 Å². The number of unbranched alkanes of at least 4 members (excludes halogenated alkanes) is 4. The summed E-state index contributed by atoms with van der Waals surface area (Å²) in [4.78, 5) is 0. The predicted molar refractivity (Wildman–Crippen MR) is 44.1 cm³/mol. The van der Waals surface area contributed by atoms with Crippen LogP contribution in [0.25, 0.3) is 0 Å². The van der Waals surface area contributed by atoms with E-state index in [4.69, 9.17) is 0 Å². The van der Waals surface area contributed by atoms with Crippen molar-refractivity contribution in [3.05, 3.63) is 6.92 Å². The molecule has 8 heavy (non-hydrogen) atoms. The van der Waals surface area contributed by atoms with Crippen molar-refractivity contribution >= 4 is 25.8 Å². The standard InChI is InChI=1S/C7H15.In.3H/c1-3-5-7-6-4-2;;;;/h1,3-7H2,2H3;;;;. The van der Waals surface area contributed by atoms with E-state index in [0.29, 0.717) is 0 Å². The summed E-state index contributed by atoms with van der Waals surface area (Å²) in [6, 6.07) is 0. The predicted octanol–water partition coefficient (Wildman–Crippen LogP) is 1.61. The Kier molecular flexibility index (Phi) is 15.7. The van der Waals surface area contributed by atoms with Crippen LogP contribution in [0, 0.1) is 6.92 Å². The van der Waals surface area contributed by atoms with E-state index in [-0.39, 0.29) is 25.8 Å². The third kappa shape index (κ3) is 9.98. The van der Waals surface area contributed by atoms with Crippen LogP contribution in [-0.4, -0.2) is 25.8 Å². The molecule has 0 N–H and O–H groups in total. The zero-order valence-corrected chi connectivity index (χ0v) is 5.24. The molecule has 0 aromatic rings. The second-order valence-electron chi connectivity index (χ2n) is 1.91. The molecule has 0 fully saturated rings. The number of hydrogen-bond acceptors (Lipinski definition) is 0. The van der Waals surface area contributed by atoms with E-state index < -0.39 is 0 Å². The zero-order chi connectivity index (χ0) is 5.54. The first-order valence-electron chi connectivity index (χ1n) is 3.21. The van der Waals surface area contributed by atoms with Crippen molar-refractivity contribution < 1.29 is 0 Å². The Morgan fingerprint density at radius 3 is 2.12 bits per heavy atom. The van der Waals surface area contributed by atoms with Gasteiger partial charge in [0.25, 0.3) is 0 Å². The summed E-state index contributed by atoms with van der Waals surface area (Å²) >= 11 is 0. The van der Waals surface area contributed by atoms with E-state index >= 15 is 0 Å². The Hall–Kier alpha value is 0.870. The average molecular weight is 217 g/mol. The zero-order valence-electron chi connectivity index (χ0n) is 5.24. The van der Waals surface area contributed by atoms with Gasteiger partial charge < -0.3 is 0 Å². The van der Waals surface area contributed by atoms with Crippen molar-refractivity contribution in [3.63, 3.8) is 0 Å². The van der Waals surface area contributed by atoms with Gasteiger partial charge in [0.15, 0.2) is 0 Å². The summed E-state index contributed by atoms with van der Waals surface area (Å²) in [5.41, 5.74) is 0. The Morgan fingerprint density at radius 2 is 1.75 bits per heavy atom. The van der Waals surface area contributed by atoms with Crippen molar-refractivity contribution in [1.29, 1.82) is 0 Å². The Labute approximate surface area is 71.8 Å². The molecule has 0 amide bonds. The van der Waals surface area contributed by atoms with Crippen LogP contribution >= 0.6 is 0 Å². The molecule has 0 rings (SSSR count). The van der Waals surface area contributed by atoms with Crippen molar-refractivity contribution in [3.8, 4) is 0 Å². The van der Waals surface area contributed by atoms with Crippen LogP contribution in [0.4, 0.5) is 0 Å². The van der Waals surface area contributed by atoms with Crippen molar-refractivity contribution in [2.45, 2.75) is 39.0 Å². The van der Waals surface area contributed by atoms with Gasteiger partial charge in [0.05, 0.1) is 0 Å². The normalized spacial score (nSPS) is 8.25. The van der Waals surface area contributed by atoms with Gasteiger partial charge in [-0.05, 0) is 0 Å². The minimum absolute atomic E-state index is 0. The van der Waals surface area contributed by atoms with Crippen LogP contribution in [0.5, 0.6) is 0 Å². The van der Waals surface area contributed by atoms with Gasteiger partial charge in [-0.3, -0.25) is 0 Å². The van der Waals surface area contributed by atoms with Gasteiger partial charge in [-0.1, -0.05) is 46.0 Å². The summed E-state index contributed by atoms with van der Waals surface area (Å²) in [5.74, 6) is 0. The Morgan fingerprint density at radius 1 is 1.12 bits per heavy atom. The van der Waals surface area contributed by atoms with E-state index in [9.17, 15) is 0 Å². The van der Waals surface area contributed by atoms with E-state index in [1.54, 1.807) is 0 Å². The second-order valence-corrected chi connectivity index (χ2v) is 1.91. The Bertz CT molecular complexity index is 23.6. The van der Waals surface area contributed by atoms with Gasteiger partial charge >= 0.3 is 25.8 Å². The molecule has 0 aliphatic rings. The maximum absolute atomic E-state index is 3.76. The number of rotatable bonds is 4. The molecular weight excluding hydrogens is 199 g/mol. The van der Waals surface area contributed by atoms with Gasteiger partial charge in [-0.2, -0.15) is 0 Å². The van der Waals surface area contributed by atoms with E-state index in [1.165, 1.54) is 25.7 Å². The fraction of sp³-hybridized carbons (Fsp3) is 0.857. The number of hydrogen-bond donors (Lipinski definition) is 0. The molecule has 0 unspecified atom stereocenters. The van der Waals surface area contributed by atoms with Gasteiger partial charge in [0, 0.05) is 0 Å². The van der Waals surface area contributed by atoms with Crippen LogP contribution in [-0.2, 0) is 0 Å². The first-order valence-corrected chi connectivity index (χ1v) is 3.21. The van der Waals surface area contributed by atoms with Gasteiger partial charge in [0.1, 0.15) is 0 Å². The monoisotopic (exact) mass is 217 g/mol. The van der Waals surface area contributed by atoms with Crippen LogP contribution < -0.4 is 0 Å². The third-order valence-electron chi connectivity index (χ3n) is 1.10. The summed E-state index contributed by atoms with van der Waals surface area (Å²) < 4.78 is 0. The average Bonchev–Trinajstić information content (AvgIpc) is 1.69. The first-order chi connectivity index (χ1) is 3.41. The second kappa shape index (κ2) is 10.8. The van der Waals surface area contributed by atoms with Crippen LogP contribution in [0.1, 0.15) is 39.0 Å². The summed E-state index contributed by atoms with van der Waals surface area (Å²) in [6.07, 6.45) is 6.52. The topological polar surface area (TPSA) is 0 Å². The fourth-order valence-corrected chi connectivity index (χ4v) is 0.604. The first kappa shape index (κ1) is 11.6. The molecular formula is C7H18In. The molecule has 0 nitrogen and oxygen atoms in total. The molecule has 0 saturated heterocycles. The molecule has 0 heterocycles. The van der Waals surface area contributed by atoms with E-state index in [2.05, 4.69) is 13.8 Å². The molecule has 49 valence electrons. The molecule has 1 radical (unpaired) electrons. The van der Waals surface area contributed by atoms with Gasteiger partial charge in [-0.25, -0.2) is 0 Å². The van der Waals surface area contributed by atoms with Crippen LogP contribution in [0.15, 0.2) is 0 Å². The van der Waals surface area contributed by atoms with Gasteiger partial charge in [0.2, 0.25) is 0 Å². The van der Waals surface area contributed by atoms with E-state index in [0.717, 1.165) is 6.42 Å². The quantitative estimate of drug-likeness (QED) is 0.627. The summed E-state index contributed by atoms with van der Waals surface area (Å²) in [5, 5.41) is 0. The van der Waals surface area contributed by atoms with E-state index in [1.807, 2.05) is 0 Å².